The molecule has 0 aliphatic carbocycles. The number of halogens is 1. The van der Waals surface area contributed by atoms with Crippen LogP contribution in [0.15, 0.2) is 28.7 Å². The molecule has 1 heterocycles. The summed E-state index contributed by atoms with van der Waals surface area (Å²) in [6.45, 7) is 2.01. The van der Waals surface area contributed by atoms with E-state index in [-0.39, 0.29) is 5.92 Å². The molecule has 2 heteroatoms. The number of nitrogens with one attached hydrogen (secondary N) is 1. The van der Waals surface area contributed by atoms with Gasteiger partial charge in [-0.3, -0.25) is 0 Å². The van der Waals surface area contributed by atoms with Gasteiger partial charge >= 0.3 is 0 Å². The zero-order valence-corrected chi connectivity index (χ0v) is 9.43. The van der Waals surface area contributed by atoms with E-state index in [1.165, 1.54) is 5.39 Å². The van der Waals surface area contributed by atoms with Gasteiger partial charge in [-0.2, -0.15) is 0 Å². The van der Waals surface area contributed by atoms with Crippen molar-refractivity contribution < 1.29 is 0 Å². The summed E-state index contributed by atoms with van der Waals surface area (Å²) in [5.74, 6) is 2.85. The van der Waals surface area contributed by atoms with Crippen molar-refractivity contribution in [1.82, 2.24) is 4.98 Å². The average Bonchev–Trinajstić information content (AvgIpc) is 2.59. The molecule has 1 unspecified atom stereocenters. The van der Waals surface area contributed by atoms with Gasteiger partial charge < -0.3 is 4.98 Å². The summed E-state index contributed by atoms with van der Waals surface area (Å²) < 4.78 is 1.09. The molecule has 0 bridgehead atoms. The highest BCUT2D eigenvalue weighted by Gasteiger charge is 2.05. The SMILES string of the molecule is C#CC(C)c1cc2cc(Br)ccc2[nH]1. The van der Waals surface area contributed by atoms with Crippen LogP contribution in [0, 0.1) is 12.3 Å². The highest BCUT2D eigenvalue weighted by Crippen LogP contribution is 2.23. The monoisotopic (exact) mass is 247 g/mol. The molecule has 1 aromatic heterocycles. The van der Waals surface area contributed by atoms with Gasteiger partial charge in [0.25, 0.3) is 0 Å². The van der Waals surface area contributed by atoms with Crippen molar-refractivity contribution in [3.63, 3.8) is 0 Å². The molecule has 0 saturated heterocycles. The second kappa shape index (κ2) is 3.51. The maximum Gasteiger partial charge on any atom is 0.0572 e. The molecule has 1 N–H and O–H groups in total. The molecule has 0 spiro atoms. The van der Waals surface area contributed by atoms with Gasteiger partial charge in [0.2, 0.25) is 0 Å². The zero-order valence-electron chi connectivity index (χ0n) is 7.84. The van der Waals surface area contributed by atoms with Gasteiger partial charge in [-0.1, -0.05) is 21.9 Å². The third-order valence-corrected chi connectivity index (χ3v) is 2.81. The highest BCUT2D eigenvalue weighted by molar-refractivity contribution is 9.10. The summed E-state index contributed by atoms with van der Waals surface area (Å²) >= 11 is 3.44. The molecule has 2 rings (SSSR count). The Labute approximate surface area is 91.6 Å². The molecule has 70 valence electrons. The molecule has 1 aromatic carbocycles. The third-order valence-electron chi connectivity index (χ3n) is 2.32. The van der Waals surface area contributed by atoms with E-state index in [4.69, 9.17) is 6.42 Å². The van der Waals surface area contributed by atoms with E-state index in [0.717, 1.165) is 15.7 Å². The highest BCUT2D eigenvalue weighted by atomic mass is 79.9. The van der Waals surface area contributed by atoms with Crippen LogP contribution in [0.5, 0.6) is 0 Å². The third kappa shape index (κ3) is 1.56. The predicted molar refractivity (Wildman–Crippen MR) is 63.2 cm³/mol. The lowest BCUT2D eigenvalue weighted by Crippen LogP contribution is -1.87. The van der Waals surface area contributed by atoms with Gasteiger partial charge in [0.1, 0.15) is 0 Å². The molecule has 0 saturated carbocycles. The number of hydrogen-bond acceptors (Lipinski definition) is 0. The summed E-state index contributed by atoms with van der Waals surface area (Å²) in [7, 11) is 0. The van der Waals surface area contributed by atoms with Gasteiger partial charge in [-0.25, -0.2) is 0 Å². The Kier molecular flexibility index (Phi) is 2.35. The lowest BCUT2D eigenvalue weighted by molar-refractivity contribution is 0.961. The first-order chi connectivity index (χ1) is 6.70. The molecule has 0 aliphatic heterocycles. The fourth-order valence-electron chi connectivity index (χ4n) is 1.45. The predicted octanol–water partition coefficient (Wildman–Crippen LogP) is 3.67. The topological polar surface area (TPSA) is 15.8 Å². The van der Waals surface area contributed by atoms with Crippen LogP contribution in [-0.2, 0) is 0 Å². The quantitative estimate of drug-likeness (QED) is 0.741. The van der Waals surface area contributed by atoms with Crippen LogP contribution in [0.4, 0.5) is 0 Å². The van der Waals surface area contributed by atoms with Gasteiger partial charge in [0.05, 0.1) is 5.92 Å². The number of hydrogen-bond donors (Lipinski definition) is 1. The van der Waals surface area contributed by atoms with Crippen molar-refractivity contribution in [3.8, 4) is 12.3 Å². The minimum atomic E-state index is 0.140. The van der Waals surface area contributed by atoms with Gasteiger partial charge in [-0.05, 0) is 31.2 Å². The second-order valence-corrected chi connectivity index (χ2v) is 4.26. The molecule has 0 fully saturated rings. The van der Waals surface area contributed by atoms with E-state index < -0.39 is 0 Å². The first-order valence-corrected chi connectivity index (χ1v) is 5.24. The van der Waals surface area contributed by atoms with Crippen LogP contribution in [0.25, 0.3) is 10.9 Å². The van der Waals surface area contributed by atoms with Gasteiger partial charge in [0, 0.05) is 21.1 Å². The minimum Gasteiger partial charge on any atom is -0.357 e. The standard InChI is InChI=1S/C12H10BrN/c1-3-8(2)12-7-9-6-10(13)4-5-11(9)14-12/h1,4-8,14H,2H3. The Morgan fingerprint density at radius 1 is 1.43 bits per heavy atom. The number of benzene rings is 1. The van der Waals surface area contributed by atoms with Crippen molar-refractivity contribution in [2.75, 3.05) is 0 Å². The Bertz CT molecular complexity index is 505. The van der Waals surface area contributed by atoms with E-state index in [1.54, 1.807) is 0 Å². The second-order valence-electron chi connectivity index (χ2n) is 3.34. The Morgan fingerprint density at radius 2 is 2.21 bits per heavy atom. The van der Waals surface area contributed by atoms with E-state index in [9.17, 15) is 0 Å². The summed E-state index contributed by atoms with van der Waals surface area (Å²) in [5.41, 5.74) is 2.23. The van der Waals surface area contributed by atoms with E-state index in [0.29, 0.717) is 0 Å². The summed E-state index contributed by atoms with van der Waals surface area (Å²) in [6, 6.07) is 8.25. The number of H-pyrrole nitrogens is 1. The lowest BCUT2D eigenvalue weighted by atomic mass is 10.1. The van der Waals surface area contributed by atoms with Crippen molar-refractivity contribution in [3.05, 3.63) is 34.4 Å². The molecule has 0 aliphatic rings. The van der Waals surface area contributed by atoms with Crippen LogP contribution < -0.4 is 0 Å². The number of aromatic nitrogens is 1. The van der Waals surface area contributed by atoms with Gasteiger partial charge in [-0.15, -0.1) is 6.42 Å². The number of rotatable bonds is 1. The van der Waals surface area contributed by atoms with E-state index in [1.807, 2.05) is 19.1 Å². The molecule has 1 nitrogen and oxygen atoms in total. The first kappa shape index (κ1) is 9.36. The van der Waals surface area contributed by atoms with Crippen LogP contribution in [0.3, 0.4) is 0 Å². The molecule has 2 aromatic rings. The van der Waals surface area contributed by atoms with Crippen molar-refractivity contribution in [2.24, 2.45) is 0 Å². The molecule has 1 atom stereocenters. The van der Waals surface area contributed by atoms with Crippen molar-refractivity contribution >= 4 is 26.8 Å². The van der Waals surface area contributed by atoms with E-state index >= 15 is 0 Å². The molecular formula is C12H10BrN. The number of aromatic amines is 1. The average molecular weight is 248 g/mol. The number of terminal acetylenes is 1. The largest absolute Gasteiger partial charge is 0.357 e. The molecular weight excluding hydrogens is 238 g/mol. The molecule has 0 radical (unpaired) electrons. The summed E-state index contributed by atoms with van der Waals surface area (Å²) in [6.07, 6.45) is 5.38. The zero-order chi connectivity index (χ0) is 10.1. The number of fused-ring (bicyclic) bond motifs is 1. The maximum atomic E-state index is 5.38. The first-order valence-electron chi connectivity index (χ1n) is 4.45. The van der Waals surface area contributed by atoms with Crippen LogP contribution in [0.1, 0.15) is 18.5 Å². The maximum absolute atomic E-state index is 5.38. The smallest absolute Gasteiger partial charge is 0.0572 e. The lowest BCUT2D eigenvalue weighted by Gasteiger charge is -1.97. The Morgan fingerprint density at radius 3 is 2.93 bits per heavy atom. The Hall–Kier alpha value is -1.20. The van der Waals surface area contributed by atoms with E-state index in [2.05, 4.69) is 39.0 Å². The Balaban J connectivity index is 2.58. The van der Waals surface area contributed by atoms with Gasteiger partial charge in [0.15, 0.2) is 0 Å². The molecule has 14 heavy (non-hydrogen) atoms. The fourth-order valence-corrected chi connectivity index (χ4v) is 1.83. The van der Waals surface area contributed by atoms with Crippen molar-refractivity contribution in [2.45, 2.75) is 12.8 Å². The van der Waals surface area contributed by atoms with Crippen LogP contribution >= 0.6 is 15.9 Å². The summed E-state index contributed by atoms with van der Waals surface area (Å²) in [5, 5.41) is 1.19. The minimum absolute atomic E-state index is 0.140. The molecule has 0 amide bonds. The van der Waals surface area contributed by atoms with Crippen LogP contribution in [-0.4, -0.2) is 4.98 Å². The van der Waals surface area contributed by atoms with Crippen molar-refractivity contribution in [1.29, 1.82) is 0 Å². The van der Waals surface area contributed by atoms with Crippen LogP contribution in [0.2, 0.25) is 0 Å². The fraction of sp³-hybridized carbons (Fsp3) is 0.167. The summed E-state index contributed by atoms with van der Waals surface area (Å²) in [4.78, 5) is 3.31. The normalized spacial score (nSPS) is 12.6.